The molecule has 0 radical (unpaired) electrons. The van der Waals surface area contributed by atoms with Crippen LogP contribution in [-0.4, -0.2) is 58.9 Å². The van der Waals surface area contributed by atoms with Crippen LogP contribution in [0.4, 0.5) is 5.69 Å². The molecule has 1 aliphatic rings. The molecular formula is C37H57N5O7S4. The SMILES string of the molecule is CCCCCCCCCCCCCCCCS(=O)(=O)c1ccc(S(=O)(=O)NN=c2sc3ccc(S(=O)(=O)N4CCCCC4)cc3n2C)cc1NC(C)=O. The Labute approximate surface area is 320 Å². The van der Waals surface area contributed by atoms with Gasteiger partial charge in [-0.15, -0.1) is 5.10 Å². The summed E-state index contributed by atoms with van der Waals surface area (Å²) in [6.45, 7) is 4.42. The third-order valence-electron chi connectivity index (χ3n) is 9.67. The molecule has 3 aromatic rings. The minimum atomic E-state index is -4.29. The highest BCUT2D eigenvalue weighted by atomic mass is 32.2. The molecule has 1 aliphatic heterocycles. The number of aryl methyl sites for hydroxylation is 1. The number of nitrogens with zero attached hydrogens (tertiary/aromatic N) is 3. The standard InChI is InChI=1S/C37H57N5O7S4/c1-4-5-6-7-8-9-10-11-12-13-14-15-16-20-27-51(44,45)36-24-22-31(28-33(36)38-30(2)43)52(46,47)40-39-37-41(3)34-29-32(21-23-35(34)50-37)53(48,49)42-25-18-17-19-26-42/h21-24,28-29,40H,4-20,25-27H2,1-3H3,(H,38,43). The lowest BCUT2D eigenvalue weighted by Gasteiger charge is -2.25. The van der Waals surface area contributed by atoms with Gasteiger partial charge in [0, 0.05) is 27.1 Å². The Morgan fingerprint density at radius 1 is 0.755 bits per heavy atom. The number of carbonyl (C=O) groups excluding carboxylic acids is 1. The Morgan fingerprint density at radius 2 is 1.32 bits per heavy atom. The van der Waals surface area contributed by atoms with Gasteiger partial charge >= 0.3 is 0 Å². The van der Waals surface area contributed by atoms with Gasteiger partial charge in [0.1, 0.15) is 0 Å². The maximum absolute atomic E-state index is 13.4. The molecule has 1 amide bonds. The zero-order chi connectivity index (χ0) is 38.5. The molecule has 0 aliphatic carbocycles. The van der Waals surface area contributed by atoms with E-state index in [1.807, 2.05) is 0 Å². The number of rotatable bonds is 22. The van der Waals surface area contributed by atoms with E-state index in [-0.39, 0.29) is 30.9 Å². The summed E-state index contributed by atoms with van der Waals surface area (Å²) >= 11 is 1.18. The second-order valence-electron chi connectivity index (χ2n) is 14.0. The number of benzene rings is 2. The van der Waals surface area contributed by atoms with Gasteiger partial charge in [-0.25, -0.2) is 16.8 Å². The highest BCUT2D eigenvalue weighted by Gasteiger charge is 2.27. The van der Waals surface area contributed by atoms with E-state index in [0.29, 0.717) is 29.7 Å². The average molecular weight is 812 g/mol. The normalized spacial score (nSPS) is 14.9. The summed E-state index contributed by atoms with van der Waals surface area (Å²) in [6, 6.07) is 8.32. The molecule has 53 heavy (non-hydrogen) atoms. The van der Waals surface area contributed by atoms with Crippen LogP contribution in [0.2, 0.25) is 0 Å². The molecule has 2 heterocycles. The van der Waals surface area contributed by atoms with E-state index < -0.39 is 35.8 Å². The van der Waals surface area contributed by atoms with Crippen LogP contribution in [0.15, 0.2) is 56.2 Å². The number of sulfone groups is 1. The predicted molar refractivity (Wildman–Crippen MR) is 212 cm³/mol. The summed E-state index contributed by atoms with van der Waals surface area (Å²) in [5, 5.41) is 6.60. The lowest BCUT2D eigenvalue weighted by Crippen LogP contribution is -2.35. The zero-order valence-electron chi connectivity index (χ0n) is 31.4. The lowest BCUT2D eigenvalue weighted by atomic mass is 10.0. The van der Waals surface area contributed by atoms with Crippen LogP contribution in [0.25, 0.3) is 10.2 Å². The van der Waals surface area contributed by atoms with E-state index >= 15 is 0 Å². The van der Waals surface area contributed by atoms with Crippen LogP contribution >= 0.6 is 11.3 Å². The summed E-state index contributed by atoms with van der Waals surface area (Å²) in [6.07, 6.45) is 18.7. The highest BCUT2D eigenvalue weighted by molar-refractivity contribution is 7.91. The number of sulfonamides is 2. The third-order valence-corrected chi connectivity index (χ3v) is 15.7. The minimum Gasteiger partial charge on any atom is -0.325 e. The number of nitrogens with one attached hydrogen (secondary N) is 2. The molecule has 0 saturated carbocycles. The first-order chi connectivity index (χ1) is 25.3. The Hall–Kier alpha value is -2.79. The van der Waals surface area contributed by atoms with Crippen LogP contribution in [0.5, 0.6) is 0 Å². The minimum absolute atomic E-state index is 0.110. The molecule has 16 heteroatoms. The Kier molecular flexibility index (Phi) is 16.4. The molecular weight excluding hydrogens is 755 g/mol. The number of anilines is 1. The van der Waals surface area contributed by atoms with Crippen molar-refractivity contribution in [2.75, 3.05) is 24.2 Å². The van der Waals surface area contributed by atoms with E-state index in [1.165, 1.54) is 92.5 Å². The quantitative estimate of drug-likeness (QED) is 0.0788. The van der Waals surface area contributed by atoms with Gasteiger partial charge in [0.25, 0.3) is 10.0 Å². The van der Waals surface area contributed by atoms with Gasteiger partial charge in [0.05, 0.1) is 36.3 Å². The number of aromatic nitrogens is 1. The van der Waals surface area contributed by atoms with Gasteiger partial charge in [0.15, 0.2) is 9.84 Å². The van der Waals surface area contributed by atoms with Crippen molar-refractivity contribution < 1.29 is 30.0 Å². The molecule has 1 saturated heterocycles. The van der Waals surface area contributed by atoms with Crippen molar-refractivity contribution in [2.45, 2.75) is 138 Å². The first kappa shape index (κ1) is 42.9. The molecule has 4 rings (SSSR count). The summed E-state index contributed by atoms with van der Waals surface area (Å²) < 4.78 is 83.7. The smallest absolute Gasteiger partial charge is 0.276 e. The third kappa shape index (κ3) is 12.4. The van der Waals surface area contributed by atoms with E-state index in [4.69, 9.17) is 0 Å². The predicted octanol–water partition coefficient (Wildman–Crippen LogP) is 7.42. The molecule has 2 aromatic carbocycles. The van der Waals surface area contributed by atoms with Gasteiger partial charge in [0.2, 0.25) is 20.7 Å². The number of unbranched alkanes of at least 4 members (excludes halogenated alkanes) is 13. The number of fused-ring (bicyclic) bond motifs is 1. The number of hydrogen-bond acceptors (Lipinski definition) is 9. The molecule has 296 valence electrons. The number of amides is 1. The van der Waals surface area contributed by atoms with Gasteiger partial charge in [-0.05, 0) is 55.7 Å². The molecule has 1 fully saturated rings. The van der Waals surface area contributed by atoms with Crippen molar-refractivity contribution in [1.29, 1.82) is 0 Å². The first-order valence-corrected chi connectivity index (χ1v) is 24.4. The van der Waals surface area contributed by atoms with Crippen molar-refractivity contribution >= 4 is 63.0 Å². The molecule has 2 N–H and O–H groups in total. The molecule has 0 spiro atoms. The summed E-state index contributed by atoms with van der Waals surface area (Å²) in [7, 11) is -10.1. The van der Waals surface area contributed by atoms with Crippen LogP contribution in [-0.2, 0) is 41.7 Å². The van der Waals surface area contributed by atoms with Crippen molar-refractivity contribution in [2.24, 2.45) is 12.1 Å². The van der Waals surface area contributed by atoms with Crippen LogP contribution in [0, 0.1) is 0 Å². The Bertz CT molecular complexity index is 2070. The lowest BCUT2D eigenvalue weighted by molar-refractivity contribution is -0.114. The van der Waals surface area contributed by atoms with Crippen molar-refractivity contribution in [3.63, 3.8) is 0 Å². The number of hydrogen-bond donors (Lipinski definition) is 2. The van der Waals surface area contributed by atoms with Gasteiger partial charge in [-0.2, -0.15) is 17.6 Å². The first-order valence-electron chi connectivity index (χ1n) is 19.1. The Morgan fingerprint density at radius 3 is 1.91 bits per heavy atom. The van der Waals surface area contributed by atoms with Crippen molar-refractivity contribution in [1.82, 2.24) is 13.7 Å². The highest BCUT2D eigenvalue weighted by Crippen LogP contribution is 2.28. The topological polar surface area (TPSA) is 164 Å². The summed E-state index contributed by atoms with van der Waals surface area (Å²) in [5.41, 5.74) is 0.466. The number of thiazole rings is 1. The van der Waals surface area contributed by atoms with E-state index in [2.05, 4.69) is 22.2 Å². The van der Waals surface area contributed by atoms with Crippen LogP contribution < -0.4 is 14.9 Å². The van der Waals surface area contributed by atoms with Gasteiger partial charge in [-0.3, -0.25) is 4.79 Å². The Balaban J connectivity index is 1.36. The van der Waals surface area contributed by atoms with E-state index in [9.17, 15) is 30.0 Å². The van der Waals surface area contributed by atoms with E-state index in [1.54, 1.807) is 29.8 Å². The largest absolute Gasteiger partial charge is 0.325 e. The second kappa shape index (κ2) is 20.2. The fourth-order valence-electron chi connectivity index (χ4n) is 6.61. The fraction of sp³-hybridized carbons (Fsp3) is 0.622. The van der Waals surface area contributed by atoms with Crippen LogP contribution in [0.3, 0.4) is 0 Å². The molecule has 0 bridgehead atoms. The van der Waals surface area contributed by atoms with Crippen molar-refractivity contribution in [3.05, 3.63) is 41.2 Å². The average Bonchev–Trinajstić information content (AvgIpc) is 3.45. The van der Waals surface area contributed by atoms with Crippen LogP contribution in [0.1, 0.15) is 123 Å². The maximum Gasteiger partial charge on any atom is 0.276 e. The van der Waals surface area contributed by atoms with Gasteiger partial charge in [-0.1, -0.05) is 108 Å². The van der Waals surface area contributed by atoms with Crippen molar-refractivity contribution in [3.8, 4) is 0 Å². The van der Waals surface area contributed by atoms with Gasteiger partial charge < -0.3 is 9.88 Å². The summed E-state index contributed by atoms with van der Waals surface area (Å²) in [5.74, 6) is -0.648. The maximum atomic E-state index is 13.4. The molecule has 12 nitrogen and oxygen atoms in total. The zero-order valence-corrected chi connectivity index (χ0v) is 34.7. The molecule has 0 unspecified atom stereocenters. The second-order valence-corrected chi connectivity index (χ2v) is 20.7. The number of piperidine rings is 1. The molecule has 1 aromatic heterocycles. The molecule has 0 atom stereocenters. The monoisotopic (exact) mass is 811 g/mol. The fourth-order valence-corrected chi connectivity index (χ4v) is 11.5. The van der Waals surface area contributed by atoms with E-state index in [0.717, 1.165) is 51.0 Å². The summed E-state index contributed by atoms with van der Waals surface area (Å²) in [4.78, 5) is 14.3. The number of carbonyl (C=O) groups is 1.